The summed E-state index contributed by atoms with van der Waals surface area (Å²) in [7, 11) is 0. The van der Waals surface area contributed by atoms with Crippen LogP contribution in [0.25, 0.3) is 22.8 Å². The number of carbonyl (C=O) groups is 4. The second kappa shape index (κ2) is 17.9. The Hall–Kier alpha value is -4.63. The Bertz CT molecular complexity index is 1800. The van der Waals surface area contributed by atoms with Crippen LogP contribution in [0.15, 0.2) is 59.1 Å². The van der Waals surface area contributed by atoms with E-state index in [1.807, 2.05) is 77.9 Å². The molecule has 59 heavy (non-hydrogen) atoms. The number of hydrogen-bond acceptors (Lipinski definition) is 10. The lowest BCUT2D eigenvalue weighted by atomic mass is 10.1. The molecule has 0 radical (unpaired) electrons. The zero-order chi connectivity index (χ0) is 41.9. The molecule has 4 aliphatic rings. The molecule has 7 rings (SSSR count). The number of carbonyl (C=O) groups excluding carboxylic acids is 4. The summed E-state index contributed by atoms with van der Waals surface area (Å²) in [4.78, 5) is 61.3. The number of anilines is 2. The summed E-state index contributed by atoms with van der Waals surface area (Å²) in [5, 5.41) is 5.96. The average Bonchev–Trinajstić information content (AvgIpc) is 4.02. The molecule has 0 bridgehead atoms. The van der Waals surface area contributed by atoms with Crippen molar-refractivity contribution in [1.82, 2.24) is 14.8 Å². The maximum atomic E-state index is 13.3. The summed E-state index contributed by atoms with van der Waals surface area (Å²) in [6, 6.07) is 14.0. The van der Waals surface area contributed by atoms with Gasteiger partial charge in [-0.25, -0.2) is 4.98 Å². The Morgan fingerprint density at radius 1 is 0.678 bits per heavy atom. The van der Waals surface area contributed by atoms with E-state index < -0.39 is 12.2 Å². The van der Waals surface area contributed by atoms with Crippen LogP contribution >= 0.6 is 0 Å². The number of nitrogens with zero attached hydrogens (tertiary/aromatic N) is 3. The average molecular weight is 814 g/mol. The number of oxazole rings is 1. The molecule has 4 amide bonds. The van der Waals surface area contributed by atoms with Gasteiger partial charge in [-0.3, -0.25) is 19.2 Å². The molecule has 2 aromatic carbocycles. The number of benzene rings is 2. The van der Waals surface area contributed by atoms with Crippen molar-refractivity contribution in [2.75, 3.05) is 36.9 Å². The molecule has 3 aromatic rings. The van der Waals surface area contributed by atoms with Gasteiger partial charge in [-0.1, -0.05) is 0 Å². The lowest BCUT2D eigenvalue weighted by Gasteiger charge is -2.27. The number of likely N-dealkylation sites (tertiary alicyclic amines) is 2. The maximum absolute atomic E-state index is 13.3. The second-order valence-corrected chi connectivity index (χ2v) is 18.2. The van der Waals surface area contributed by atoms with Gasteiger partial charge in [0.1, 0.15) is 12.2 Å². The van der Waals surface area contributed by atoms with Gasteiger partial charge in [0.05, 0.1) is 29.6 Å². The van der Waals surface area contributed by atoms with Gasteiger partial charge in [-0.05, 0) is 129 Å². The minimum Gasteiger partial charge on any atom is -0.436 e. The Labute approximate surface area is 346 Å². The monoisotopic (exact) mass is 813 g/mol. The molecule has 4 fully saturated rings. The summed E-state index contributed by atoms with van der Waals surface area (Å²) >= 11 is 0. The van der Waals surface area contributed by atoms with Crippen molar-refractivity contribution in [1.29, 1.82) is 0 Å². The van der Waals surface area contributed by atoms with E-state index in [4.69, 9.17) is 23.4 Å². The SMILES string of the molecule is CC(C)(C)O[C@@H]1C[C@@H](CC(=O)Nc2ccc(-c3cnc(-c4ccc(NC(=O)C[C@@H]5C[C@@H](OC(C)(C)C)CN5C(=O)[C@H]5CCCO5)cc4)o3)cc2)N(C(=O)[C@H]2CCCO2)C1. The van der Waals surface area contributed by atoms with Gasteiger partial charge in [0.2, 0.25) is 17.7 Å². The molecule has 6 atom stereocenters. The Kier molecular flexibility index (Phi) is 12.9. The van der Waals surface area contributed by atoms with Crippen molar-refractivity contribution in [2.24, 2.45) is 0 Å². The van der Waals surface area contributed by atoms with E-state index in [9.17, 15) is 19.2 Å². The van der Waals surface area contributed by atoms with E-state index >= 15 is 0 Å². The van der Waals surface area contributed by atoms with Crippen LogP contribution in [0.4, 0.5) is 11.4 Å². The Morgan fingerprint density at radius 2 is 1.12 bits per heavy atom. The molecule has 5 heterocycles. The van der Waals surface area contributed by atoms with Crippen LogP contribution < -0.4 is 10.6 Å². The van der Waals surface area contributed by atoms with E-state index in [1.165, 1.54) is 0 Å². The highest BCUT2D eigenvalue weighted by molar-refractivity contribution is 5.93. The molecular formula is C45H59N5O9. The molecule has 4 saturated heterocycles. The van der Waals surface area contributed by atoms with Crippen LogP contribution in [0, 0.1) is 0 Å². The van der Waals surface area contributed by atoms with Crippen molar-refractivity contribution >= 4 is 35.0 Å². The molecule has 2 N–H and O–H groups in total. The zero-order valence-electron chi connectivity index (χ0n) is 35.2. The topological polar surface area (TPSA) is 162 Å². The third-order valence-electron chi connectivity index (χ3n) is 11.0. The summed E-state index contributed by atoms with van der Waals surface area (Å²) < 4.78 is 29.9. The first-order valence-corrected chi connectivity index (χ1v) is 21.0. The molecule has 0 aliphatic carbocycles. The highest BCUT2D eigenvalue weighted by atomic mass is 16.5. The number of hydrogen-bond donors (Lipinski definition) is 2. The van der Waals surface area contributed by atoms with Gasteiger partial charge in [-0.2, -0.15) is 0 Å². The lowest BCUT2D eigenvalue weighted by molar-refractivity contribution is -0.143. The van der Waals surface area contributed by atoms with Gasteiger partial charge in [0.15, 0.2) is 5.76 Å². The summed E-state index contributed by atoms with van der Waals surface area (Å²) in [5.74, 6) is 0.475. The predicted molar refractivity (Wildman–Crippen MR) is 221 cm³/mol. The van der Waals surface area contributed by atoms with Gasteiger partial charge in [0, 0.05) is 73.7 Å². The molecule has 0 spiro atoms. The first-order chi connectivity index (χ1) is 28.1. The van der Waals surface area contributed by atoms with Crippen LogP contribution in [-0.2, 0) is 38.1 Å². The van der Waals surface area contributed by atoms with E-state index in [0.717, 1.165) is 24.0 Å². The molecular weight excluding hydrogens is 755 g/mol. The standard InChI is InChI=1S/C45H59N5O9/c1-44(2,3)58-34-21-32(49(26-34)42(53)36-9-7-19-55-36)23-39(51)47-30-15-11-28(12-16-30)38-25-46-41(57-38)29-13-17-31(18-14-29)48-40(52)24-33-22-35(59-45(4,5)6)27-50(33)43(54)37-10-8-20-56-37/h11-18,25,32-37H,7-10,19-24,26-27H2,1-6H3,(H,47,51)(H,48,52)/t32-,33-,34+,35+,36+,37+/m0/s1. The minimum absolute atomic E-state index is 0.0634. The van der Waals surface area contributed by atoms with Crippen molar-refractivity contribution in [2.45, 2.75) is 141 Å². The van der Waals surface area contributed by atoms with Crippen molar-refractivity contribution in [3.05, 3.63) is 54.7 Å². The van der Waals surface area contributed by atoms with E-state index in [1.54, 1.807) is 28.1 Å². The first-order valence-electron chi connectivity index (χ1n) is 21.0. The van der Waals surface area contributed by atoms with Crippen LogP contribution in [0.3, 0.4) is 0 Å². The third kappa shape index (κ3) is 11.2. The summed E-state index contributed by atoms with van der Waals surface area (Å²) in [6.07, 6.45) is 5.01. The normalized spacial score (nSPS) is 24.8. The van der Waals surface area contributed by atoms with E-state index in [0.29, 0.717) is 75.0 Å². The van der Waals surface area contributed by atoms with Gasteiger partial charge in [-0.15, -0.1) is 0 Å². The molecule has 14 heteroatoms. The maximum Gasteiger partial charge on any atom is 0.252 e. The number of ether oxygens (including phenoxy) is 4. The first kappa shape index (κ1) is 42.5. The lowest BCUT2D eigenvalue weighted by Crippen LogP contribution is -2.43. The fourth-order valence-electron chi connectivity index (χ4n) is 8.57. The van der Waals surface area contributed by atoms with Gasteiger partial charge in [0.25, 0.3) is 11.8 Å². The Balaban J connectivity index is 0.919. The van der Waals surface area contributed by atoms with Crippen molar-refractivity contribution < 1.29 is 42.5 Å². The largest absolute Gasteiger partial charge is 0.436 e. The molecule has 318 valence electrons. The minimum atomic E-state index is -0.455. The van der Waals surface area contributed by atoms with Crippen LogP contribution in [0.2, 0.25) is 0 Å². The van der Waals surface area contributed by atoms with E-state index in [-0.39, 0.29) is 72.0 Å². The zero-order valence-corrected chi connectivity index (χ0v) is 35.2. The Morgan fingerprint density at radius 3 is 1.53 bits per heavy atom. The van der Waals surface area contributed by atoms with Crippen LogP contribution in [0.1, 0.15) is 92.9 Å². The second-order valence-electron chi connectivity index (χ2n) is 18.2. The predicted octanol–water partition coefficient (Wildman–Crippen LogP) is 6.59. The molecule has 14 nitrogen and oxygen atoms in total. The van der Waals surface area contributed by atoms with Crippen LogP contribution in [-0.4, -0.2) is 112 Å². The molecule has 0 saturated carbocycles. The van der Waals surface area contributed by atoms with Crippen molar-refractivity contribution in [3.8, 4) is 22.8 Å². The van der Waals surface area contributed by atoms with Gasteiger partial charge >= 0.3 is 0 Å². The van der Waals surface area contributed by atoms with Crippen molar-refractivity contribution in [3.63, 3.8) is 0 Å². The number of rotatable bonds is 12. The number of amides is 4. The quantitative estimate of drug-likeness (QED) is 0.204. The van der Waals surface area contributed by atoms with Gasteiger partial charge < -0.3 is 43.8 Å². The summed E-state index contributed by atoms with van der Waals surface area (Å²) in [5.41, 5.74) is 2.04. The third-order valence-corrected chi connectivity index (χ3v) is 11.0. The highest BCUT2D eigenvalue weighted by Gasteiger charge is 2.43. The molecule has 4 aliphatic heterocycles. The highest BCUT2D eigenvalue weighted by Crippen LogP contribution is 2.32. The van der Waals surface area contributed by atoms with E-state index in [2.05, 4.69) is 15.6 Å². The molecule has 1 aromatic heterocycles. The number of nitrogens with one attached hydrogen (secondary N) is 2. The molecule has 0 unspecified atom stereocenters. The fraction of sp³-hybridized carbons (Fsp3) is 0.578. The summed E-state index contributed by atoms with van der Waals surface area (Å²) in [6.45, 7) is 14.0. The van der Waals surface area contributed by atoms with Crippen LogP contribution in [0.5, 0.6) is 0 Å². The fourth-order valence-corrected chi connectivity index (χ4v) is 8.57. The smallest absolute Gasteiger partial charge is 0.252 e. The number of aromatic nitrogens is 1.